The molecule has 4 nitrogen and oxygen atoms in total. The predicted molar refractivity (Wildman–Crippen MR) is 104 cm³/mol. The molecule has 0 atom stereocenters. The van der Waals surface area contributed by atoms with E-state index in [0.29, 0.717) is 23.7 Å². The number of aryl methyl sites for hydroxylation is 2. The van der Waals surface area contributed by atoms with E-state index in [2.05, 4.69) is 10.3 Å². The van der Waals surface area contributed by atoms with Crippen LogP contribution in [0.25, 0.3) is 0 Å². The zero-order valence-electron chi connectivity index (χ0n) is 15.1. The van der Waals surface area contributed by atoms with E-state index in [0.717, 1.165) is 36.8 Å². The molecule has 1 saturated carbocycles. The molecule has 1 heterocycles. The molecule has 1 aliphatic rings. The van der Waals surface area contributed by atoms with Crippen molar-refractivity contribution in [2.24, 2.45) is 0 Å². The monoisotopic (exact) mass is 372 g/mol. The highest BCUT2D eigenvalue weighted by atomic mass is 35.5. The van der Waals surface area contributed by atoms with Gasteiger partial charge in [-0.1, -0.05) is 29.8 Å². The summed E-state index contributed by atoms with van der Waals surface area (Å²) >= 11 is 5.98. The van der Waals surface area contributed by atoms with Crippen LogP contribution in [0.3, 0.4) is 0 Å². The number of nitrogens with zero attached hydrogens (tertiary/aromatic N) is 1. The van der Waals surface area contributed by atoms with Gasteiger partial charge in [-0.2, -0.15) is 0 Å². The third-order valence-electron chi connectivity index (χ3n) is 4.74. The Labute approximate surface area is 159 Å². The largest absolute Gasteiger partial charge is 0.474 e. The van der Waals surface area contributed by atoms with Crippen molar-refractivity contribution in [3.8, 4) is 5.88 Å². The topological polar surface area (TPSA) is 51.2 Å². The Morgan fingerprint density at radius 2 is 2.04 bits per heavy atom. The van der Waals surface area contributed by atoms with Crippen molar-refractivity contribution < 1.29 is 9.53 Å². The molecule has 0 unspecified atom stereocenters. The number of ether oxygens (including phenoxy) is 1. The first-order valence-electron chi connectivity index (χ1n) is 9.21. The average molecular weight is 373 g/mol. The molecule has 0 bridgehead atoms. The maximum absolute atomic E-state index is 12.2. The summed E-state index contributed by atoms with van der Waals surface area (Å²) in [6, 6.07) is 11.8. The Balaban J connectivity index is 1.38. The third-order valence-corrected chi connectivity index (χ3v) is 4.98. The number of carbonyl (C=O) groups excluding carboxylic acids is 1. The van der Waals surface area contributed by atoms with Crippen molar-refractivity contribution in [1.82, 2.24) is 10.3 Å². The van der Waals surface area contributed by atoms with Gasteiger partial charge in [-0.3, -0.25) is 4.79 Å². The van der Waals surface area contributed by atoms with Crippen molar-refractivity contribution in [2.75, 3.05) is 0 Å². The number of benzene rings is 1. The summed E-state index contributed by atoms with van der Waals surface area (Å²) in [6.07, 6.45) is 6.97. The minimum absolute atomic E-state index is 0.106. The summed E-state index contributed by atoms with van der Waals surface area (Å²) in [6.45, 7) is 2.01. The van der Waals surface area contributed by atoms with E-state index in [-0.39, 0.29) is 18.1 Å². The molecular weight excluding hydrogens is 348 g/mol. The lowest BCUT2D eigenvalue weighted by molar-refractivity contribution is -0.122. The molecule has 1 aromatic carbocycles. The fraction of sp³-hybridized carbons (Fsp3) is 0.429. The number of hydrogen-bond acceptors (Lipinski definition) is 3. The Bertz CT molecular complexity index is 725. The Morgan fingerprint density at radius 3 is 2.73 bits per heavy atom. The summed E-state index contributed by atoms with van der Waals surface area (Å²) in [5.41, 5.74) is 2.22. The van der Waals surface area contributed by atoms with Crippen LogP contribution in [0.4, 0.5) is 0 Å². The molecule has 5 heteroatoms. The molecule has 1 aromatic heterocycles. The summed E-state index contributed by atoms with van der Waals surface area (Å²) in [7, 11) is 0. The first-order valence-corrected chi connectivity index (χ1v) is 9.59. The molecule has 3 rings (SSSR count). The molecule has 0 spiro atoms. The van der Waals surface area contributed by atoms with Crippen LogP contribution in [0.1, 0.15) is 43.2 Å². The molecular formula is C21H25ClN2O2. The number of aromatic nitrogens is 1. The number of rotatable bonds is 6. The van der Waals surface area contributed by atoms with Gasteiger partial charge in [-0.25, -0.2) is 4.98 Å². The highest BCUT2D eigenvalue weighted by molar-refractivity contribution is 6.30. The highest BCUT2D eigenvalue weighted by Gasteiger charge is 2.23. The second-order valence-electron chi connectivity index (χ2n) is 6.96. The Kier molecular flexibility index (Phi) is 6.51. The van der Waals surface area contributed by atoms with E-state index >= 15 is 0 Å². The minimum atomic E-state index is 0.106. The highest BCUT2D eigenvalue weighted by Crippen LogP contribution is 2.23. The number of halogens is 1. The van der Waals surface area contributed by atoms with Gasteiger partial charge < -0.3 is 10.1 Å². The van der Waals surface area contributed by atoms with Gasteiger partial charge in [0.05, 0.1) is 0 Å². The summed E-state index contributed by atoms with van der Waals surface area (Å²) in [5.74, 6) is 0.791. The SMILES string of the molecule is Cc1ccc(OC2CCC(NC(=O)CCc3cccc(Cl)c3)CC2)nc1. The second-order valence-corrected chi connectivity index (χ2v) is 7.40. The fourth-order valence-electron chi connectivity index (χ4n) is 3.27. The number of pyridine rings is 1. The van der Waals surface area contributed by atoms with Crippen LogP contribution in [-0.4, -0.2) is 23.0 Å². The van der Waals surface area contributed by atoms with E-state index in [9.17, 15) is 4.79 Å². The van der Waals surface area contributed by atoms with Crippen molar-refractivity contribution >= 4 is 17.5 Å². The number of carbonyl (C=O) groups is 1. The fourth-order valence-corrected chi connectivity index (χ4v) is 3.48. The summed E-state index contributed by atoms with van der Waals surface area (Å²) in [4.78, 5) is 16.5. The number of hydrogen-bond donors (Lipinski definition) is 1. The molecule has 0 aliphatic heterocycles. The molecule has 26 heavy (non-hydrogen) atoms. The van der Waals surface area contributed by atoms with Crippen LogP contribution in [0.5, 0.6) is 5.88 Å². The van der Waals surface area contributed by atoms with E-state index < -0.39 is 0 Å². The van der Waals surface area contributed by atoms with Crippen LogP contribution in [0, 0.1) is 6.92 Å². The summed E-state index contributed by atoms with van der Waals surface area (Å²) in [5, 5.41) is 3.86. The number of nitrogens with one attached hydrogen (secondary N) is 1. The van der Waals surface area contributed by atoms with Crippen LogP contribution in [0.2, 0.25) is 5.02 Å². The predicted octanol–water partition coefficient (Wildman–Crippen LogP) is 4.48. The zero-order valence-corrected chi connectivity index (χ0v) is 15.8. The third kappa shape index (κ3) is 5.73. The molecule has 1 N–H and O–H groups in total. The standard InChI is InChI=1S/C21H25ClN2O2/c1-15-5-12-21(23-14-15)26-19-9-7-18(8-10-19)24-20(25)11-6-16-3-2-4-17(22)13-16/h2-5,12-14,18-19H,6-11H2,1H3,(H,24,25). The van der Waals surface area contributed by atoms with Crippen molar-refractivity contribution in [3.05, 3.63) is 58.7 Å². The zero-order chi connectivity index (χ0) is 18.4. The second kappa shape index (κ2) is 9.04. The van der Waals surface area contributed by atoms with Gasteiger partial charge in [0.2, 0.25) is 11.8 Å². The number of amides is 1. The molecule has 2 aromatic rings. The van der Waals surface area contributed by atoms with Crippen molar-refractivity contribution in [3.63, 3.8) is 0 Å². The molecule has 0 saturated heterocycles. The van der Waals surface area contributed by atoms with E-state index in [4.69, 9.17) is 16.3 Å². The van der Waals surface area contributed by atoms with Gasteiger partial charge in [0.15, 0.2) is 0 Å². The average Bonchev–Trinajstić information content (AvgIpc) is 2.64. The first-order chi connectivity index (χ1) is 12.6. The van der Waals surface area contributed by atoms with Gasteiger partial charge in [-0.05, 0) is 62.3 Å². The Hall–Kier alpha value is -2.07. The molecule has 0 radical (unpaired) electrons. The first kappa shape index (κ1) is 18.7. The molecule has 1 amide bonds. The lowest BCUT2D eigenvalue weighted by Crippen LogP contribution is -2.39. The van der Waals surface area contributed by atoms with Gasteiger partial charge >= 0.3 is 0 Å². The lowest BCUT2D eigenvalue weighted by atomic mass is 9.92. The normalized spacial score (nSPS) is 19.8. The maximum Gasteiger partial charge on any atom is 0.220 e. The summed E-state index contributed by atoms with van der Waals surface area (Å²) < 4.78 is 5.94. The van der Waals surface area contributed by atoms with Crippen LogP contribution >= 0.6 is 11.6 Å². The van der Waals surface area contributed by atoms with Gasteiger partial charge in [0.25, 0.3) is 0 Å². The molecule has 138 valence electrons. The van der Waals surface area contributed by atoms with E-state index in [1.54, 1.807) is 0 Å². The van der Waals surface area contributed by atoms with Crippen molar-refractivity contribution in [2.45, 2.75) is 57.6 Å². The minimum Gasteiger partial charge on any atom is -0.474 e. The molecule has 1 aliphatic carbocycles. The van der Waals surface area contributed by atoms with Gasteiger partial charge in [-0.15, -0.1) is 0 Å². The van der Waals surface area contributed by atoms with Crippen LogP contribution in [0.15, 0.2) is 42.6 Å². The van der Waals surface area contributed by atoms with Crippen molar-refractivity contribution in [1.29, 1.82) is 0 Å². The quantitative estimate of drug-likeness (QED) is 0.813. The van der Waals surface area contributed by atoms with E-state index in [1.165, 1.54) is 0 Å². The van der Waals surface area contributed by atoms with Crippen LogP contribution in [-0.2, 0) is 11.2 Å². The van der Waals surface area contributed by atoms with Gasteiger partial charge in [0, 0.05) is 29.7 Å². The smallest absolute Gasteiger partial charge is 0.220 e. The lowest BCUT2D eigenvalue weighted by Gasteiger charge is -2.29. The van der Waals surface area contributed by atoms with E-state index in [1.807, 2.05) is 49.5 Å². The maximum atomic E-state index is 12.2. The van der Waals surface area contributed by atoms with Gasteiger partial charge in [0.1, 0.15) is 6.10 Å². The molecule has 1 fully saturated rings. The Morgan fingerprint density at radius 1 is 1.23 bits per heavy atom. The van der Waals surface area contributed by atoms with Crippen LogP contribution < -0.4 is 10.1 Å².